The molecule has 0 aliphatic heterocycles. The first-order valence-electron chi connectivity index (χ1n) is 9.38. The third kappa shape index (κ3) is 6.34. The van der Waals surface area contributed by atoms with Gasteiger partial charge in [0.05, 0.1) is 20.7 Å². The van der Waals surface area contributed by atoms with E-state index in [-0.39, 0.29) is 11.3 Å². The number of carboxylic acid groups (broad SMARTS) is 1. The van der Waals surface area contributed by atoms with Crippen molar-refractivity contribution in [3.05, 3.63) is 85.3 Å². The fourth-order valence-electron chi connectivity index (χ4n) is 2.64. The minimum atomic E-state index is -1.12. The maximum Gasteiger partial charge on any atom is 0.347 e. The number of phenols is 1. The Kier molecular flexibility index (Phi) is 8.12. The van der Waals surface area contributed by atoms with Gasteiger partial charge in [0.15, 0.2) is 11.5 Å². The van der Waals surface area contributed by atoms with E-state index >= 15 is 0 Å². The molecule has 3 aromatic rings. The van der Waals surface area contributed by atoms with Gasteiger partial charge in [-0.05, 0) is 86.8 Å². The third-order valence-corrected chi connectivity index (χ3v) is 5.72. The number of hydrogen-bond donors (Lipinski definition) is 2. The van der Waals surface area contributed by atoms with Crippen LogP contribution in [0.25, 0.3) is 0 Å². The van der Waals surface area contributed by atoms with E-state index in [1.165, 1.54) is 37.4 Å². The van der Waals surface area contributed by atoms with Gasteiger partial charge >= 0.3 is 5.97 Å². The number of benzene rings is 3. The molecule has 7 nitrogen and oxygen atoms in total. The maximum absolute atomic E-state index is 12.8. The summed E-state index contributed by atoms with van der Waals surface area (Å²) in [7, 11) is 0. The number of halogens is 3. The number of rotatable bonds is 8. The van der Waals surface area contributed by atoms with Crippen molar-refractivity contribution < 1.29 is 29.4 Å². The fraction of sp³-hybridized carbons (Fsp3) is 0.0870. The van der Waals surface area contributed by atoms with Crippen molar-refractivity contribution in [2.24, 2.45) is 5.16 Å². The molecule has 0 aromatic heterocycles. The van der Waals surface area contributed by atoms with E-state index in [2.05, 4.69) is 37.0 Å². The number of ether oxygens (including phenoxy) is 1. The molecule has 3 aromatic carbocycles. The first-order valence-corrected chi connectivity index (χ1v) is 11.3. The monoisotopic (exact) mass is 595 g/mol. The van der Waals surface area contributed by atoms with Crippen molar-refractivity contribution in [2.45, 2.75) is 13.0 Å². The molecule has 0 fully saturated rings. The summed E-state index contributed by atoms with van der Waals surface area (Å²) >= 11 is 12.8. The van der Waals surface area contributed by atoms with E-state index in [4.69, 9.17) is 26.3 Å². The van der Waals surface area contributed by atoms with Crippen LogP contribution in [0.2, 0.25) is 5.02 Å². The van der Waals surface area contributed by atoms with Crippen molar-refractivity contribution in [3.8, 4) is 17.2 Å². The summed E-state index contributed by atoms with van der Waals surface area (Å²) in [5.41, 5.74) is 1.01. The van der Waals surface area contributed by atoms with Crippen molar-refractivity contribution in [2.75, 3.05) is 0 Å². The highest BCUT2D eigenvalue weighted by atomic mass is 79.9. The number of ketones is 1. The van der Waals surface area contributed by atoms with Crippen LogP contribution in [-0.4, -0.2) is 34.3 Å². The quantitative estimate of drug-likeness (QED) is 0.177. The molecule has 0 saturated carbocycles. The summed E-state index contributed by atoms with van der Waals surface area (Å²) in [6.45, 7) is 1.37. The van der Waals surface area contributed by atoms with Crippen LogP contribution < -0.4 is 4.74 Å². The molecule has 0 heterocycles. The van der Waals surface area contributed by atoms with Gasteiger partial charge in [0.2, 0.25) is 6.10 Å². The van der Waals surface area contributed by atoms with E-state index in [1.807, 2.05) is 0 Å². The Labute approximate surface area is 210 Å². The topological polar surface area (TPSA) is 105 Å². The van der Waals surface area contributed by atoms with Crippen LogP contribution in [0, 0.1) is 0 Å². The van der Waals surface area contributed by atoms with Gasteiger partial charge in [-0.2, -0.15) is 0 Å². The molecule has 0 aliphatic rings. The standard InChI is InChI=1S/C23H16Br2ClNO6/c1-12(23(30)31)33-27-11-13-7-18(24)22(19(25)8-13)32-16-5-6-20(28)17(10-16)21(29)14-3-2-4-15(26)9-14/h2-12,28H,1H3,(H,30,31)/b27-11-. The zero-order valence-electron chi connectivity index (χ0n) is 17.0. The SMILES string of the molecule is CC(O/N=C\c1cc(Br)c(Oc2ccc(O)c(C(=O)c3cccc(Cl)c3)c2)c(Br)c1)C(=O)O. The summed E-state index contributed by atoms with van der Waals surface area (Å²) in [6.07, 6.45) is 0.287. The smallest absolute Gasteiger partial charge is 0.347 e. The summed E-state index contributed by atoms with van der Waals surface area (Å²) in [5.74, 6) is -0.980. The lowest BCUT2D eigenvalue weighted by Crippen LogP contribution is -2.17. The van der Waals surface area contributed by atoms with E-state index in [9.17, 15) is 14.7 Å². The normalized spacial score (nSPS) is 11.9. The fourth-order valence-corrected chi connectivity index (χ4v) is 4.22. The number of phenolic OH excluding ortho intramolecular Hbond substituents is 1. The molecular weight excluding hydrogens is 582 g/mol. The molecule has 0 radical (unpaired) electrons. The van der Waals surface area contributed by atoms with Crippen LogP contribution in [-0.2, 0) is 9.63 Å². The molecule has 1 atom stereocenters. The van der Waals surface area contributed by atoms with Crippen molar-refractivity contribution in [1.82, 2.24) is 0 Å². The Morgan fingerprint density at radius 3 is 2.42 bits per heavy atom. The molecule has 0 spiro atoms. The Bertz CT molecular complexity index is 1220. The summed E-state index contributed by atoms with van der Waals surface area (Å²) in [6, 6.07) is 14.2. The van der Waals surface area contributed by atoms with Gasteiger partial charge < -0.3 is 19.8 Å². The number of carbonyl (C=O) groups is 2. The number of nitrogens with zero attached hydrogens (tertiary/aromatic N) is 1. The number of aromatic hydroxyl groups is 1. The van der Waals surface area contributed by atoms with Gasteiger partial charge in [0, 0.05) is 10.6 Å². The Balaban J connectivity index is 1.83. The molecule has 10 heteroatoms. The molecule has 0 amide bonds. The molecule has 3 rings (SSSR count). The zero-order chi connectivity index (χ0) is 24.1. The van der Waals surface area contributed by atoms with Gasteiger partial charge in [0.25, 0.3) is 0 Å². The lowest BCUT2D eigenvalue weighted by molar-refractivity contribution is -0.149. The predicted molar refractivity (Wildman–Crippen MR) is 131 cm³/mol. The average Bonchev–Trinajstić information content (AvgIpc) is 2.76. The van der Waals surface area contributed by atoms with Gasteiger partial charge in [0.1, 0.15) is 11.5 Å². The van der Waals surface area contributed by atoms with Gasteiger partial charge in [-0.1, -0.05) is 28.9 Å². The van der Waals surface area contributed by atoms with Crippen molar-refractivity contribution >= 4 is 61.4 Å². The number of carboxylic acids is 1. The Hall–Kier alpha value is -2.88. The second-order valence-electron chi connectivity index (χ2n) is 6.75. The average molecular weight is 598 g/mol. The van der Waals surface area contributed by atoms with Crippen LogP contribution in [0.3, 0.4) is 0 Å². The molecule has 0 aliphatic carbocycles. The summed E-state index contributed by atoms with van der Waals surface area (Å²) in [4.78, 5) is 28.5. The number of oxime groups is 1. The van der Waals surface area contributed by atoms with Crippen molar-refractivity contribution in [3.63, 3.8) is 0 Å². The minimum absolute atomic E-state index is 0.0652. The number of carbonyl (C=O) groups excluding carboxylic acids is 1. The third-order valence-electron chi connectivity index (χ3n) is 4.31. The van der Waals surface area contributed by atoms with Gasteiger partial charge in [-0.3, -0.25) is 4.79 Å². The van der Waals surface area contributed by atoms with Gasteiger partial charge in [-0.25, -0.2) is 4.79 Å². The second kappa shape index (κ2) is 10.8. The van der Waals surface area contributed by atoms with E-state index in [0.29, 0.717) is 36.6 Å². The zero-order valence-corrected chi connectivity index (χ0v) is 20.9. The van der Waals surface area contributed by atoms with E-state index in [1.54, 1.807) is 30.3 Å². The summed E-state index contributed by atoms with van der Waals surface area (Å²) in [5, 5.41) is 23.1. The predicted octanol–water partition coefficient (Wildman–Crippen LogP) is 6.42. The molecule has 0 bridgehead atoms. The largest absolute Gasteiger partial charge is 0.507 e. The molecule has 33 heavy (non-hydrogen) atoms. The second-order valence-corrected chi connectivity index (χ2v) is 8.90. The molecule has 170 valence electrons. The Morgan fingerprint density at radius 1 is 1.09 bits per heavy atom. The van der Waals surface area contributed by atoms with Crippen LogP contribution >= 0.6 is 43.5 Å². The van der Waals surface area contributed by atoms with E-state index in [0.717, 1.165) is 0 Å². The van der Waals surface area contributed by atoms with Crippen molar-refractivity contribution in [1.29, 1.82) is 0 Å². The highest BCUT2D eigenvalue weighted by Crippen LogP contribution is 2.38. The molecule has 0 saturated heterocycles. The maximum atomic E-state index is 12.8. The van der Waals surface area contributed by atoms with E-state index < -0.39 is 17.9 Å². The molecule has 2 N–H and O–H groups in total. The van der Waals surface area contributed by atoms with Crippen LogP contribution in [0.5, 0.6) is 17.2 Å². The lowest BCUT2D eigenvalue weighted by Gasteiger charge is -2.13. The number of hydrogen-bond acceptors (Lipinski definition) is 6. The Morgan fingerprint density at radius 2 is 1.79 bits per heavy atom. The van der Waals surface area contributed by atoms with Crippen LogP contribution in [0.1, 0.15) is 28.4 Å². The van der Waals surface area contributed by atoms with Crippen LogP contribution in [0.15, 0.2) is 68.7 Å². The highest BCUT2D eigenvalue weighted by molar-refractivity contribution is 9.11. The molecular formula is C23H16Br2ClNO6. The first-order chi connectivity index (χ1) is 15.7. The number of aliphatic carboxylic acids is 1. The lowest BCUT2D eigenvalue weighted by atomic mass is 10.0. The van der Waals surface area contributed by atoms with Gasteiger partial charge in [-0.15, -0.1) is 0 Å². The molecule has 1 unspecified atom stereocenters. The first kappa shape index (κ1) is 24.8. The summed E-state index contributed by atoms with van der Waals surface area (Å²) < 4.78 is 7.05. The van der Waals surface area contributed by atoms with Crippen LogP contribution in [0.4, 0.5) is 0 Å². The minimum Gasteiger partial charge on any atom is -0.507 e. The highest BCUT2D eigenvalue weighted by Gasteiger charge is 2.17.